The Morgan fingerprint density at radius 1 is 1.57 bits per heavy atom. The second kappa shape index (κ2) is 3.92. The van der Waals surface area contributed by atoms with Gasteiger partial charge in [0.25, 0.3) is 0 Å². The van der Waals surface area contributed by atoms with Gasteiger partial charge in [0.05, 0.1) is 12.6 Å². The number of hydrogen-bond acceptors (Lipinski definition) is 3. The van der Waals surface area contributed by atoms with Crippen LogP contribution in [0, 0.1) is 5.41 Å². The molecular weight excluding hydrogens is 178 g/mol. The molecule has 4 heteroatoms. The van der Waals surface area contributed by atoms with Crippen molar-refractivity contribution in [1.82, 2.24) is 14.8 Å². The largest absolute Gasteiger partial charge is 0.388 e. The lowest BCUT2D eigenvalue weighted by molar-refractivity contribution is 0.0907. The zero-order valence-corrected chi connectivity index (χ0v) is 8.94. The maximum Gasteiger partial charge on any atom is 0.137 e. The van der Waals surface area contributed by atoms with Gasteiger partial charge in [0.2, 0.25) is 0 Å². The molecule has 0 aliphatic heterocycles. The van der Waals surface area contributed by atoms with E-state index >= 15 is 0 Å². The third-order valence-corrected chi connectivity index (χ3v) is 2.04. The summed E-state index contributed by atoms with van der Waals surface area (Å²) in [5.41, 5.74) is 0.570. The molecule has 4 nitrogen and oxygen atoms in total. The zero-order chi connectivity index (χ0) is 10.8. The molecule has 0 saturated carbocycles. The van der Waals surface area contributed by atoms with Gasteiger partial charge in [-0.2, -0.15) is 5.10 Å². The fourth-order valence-corrected chi connectivity index (χ4v) is 1.22. The molecule has 1 aromatic heterocycles. The average molecular weight is 195 g/mol. The highest BCUT2D eigenvalue weighted by Crippen LogP contribution is 2.24. The molecule has 1 unspecified atom stereocenters. The Hall–Kier alpha value is -1.16. The Morgan fingerprint density at radius 3 is 2.64 bits per heavy atom. The van der Waals surface area contributed by atoms with Gasteiger partial charge in [0, 0.05) is 0 Å². The van der Waals surface area contributed by atoms with Crippen LogP contribution in [0.15, 0.2) is 24.8 Å². The van der Waals surface area contributed by atoms with Crippen LogP contribution in [0.4, 0.5) is 0 Å². The fraction of sp³-hybridized carbons (Fsp3) is 0.600. The molecule has 1 N–H and O–H groups in total. The molecule has 0 spiro atoms. The number of hydrogen-bond donors (Lipinski definition) is 1. The minimum Gasteiger partial charge on any atom is -0.388 e. The smallest absolute Gasteiger partial charge is 0.137 e. The van der Waals surface area contributed by atoms with E-state index in [0.717, 1.165) is 5.57 Å². The van der Waals surface area contributed by atoms with Crippen LogP contribution in [-0.4, -0.2) is 26.0 Å². The third-order valence-electron chi connectivity index (χ3n) is 2.04. The molecule has 1 rings (SSSR count). The van der Waals surface area contributed by atoms with Crippen LogP contribution in [-0.2, 0) is 6.54 Å². The fourth-order valence-electron chi connectivity index (χ4n) is 1.22. The number of aliphatic hydroxyl groups excluding tert-OH is 1. The standard InChI is InChI=1S/C10H17N3O/c1-8(9(14)10(2,3)4)5-13-7-11-6-12-13/h6-7,9,14H,1,5H2,2-4H3. The van der Waals surface area contributed by atoms with Crippen LogP contribution in [0.2, 0.25) is 0 Å². The highest BCUT2D eigenvalue weighted by atomic mass is 16.3. The molecule has 1 aromatic rings. The van der Waals surface area contributed by atoms with E-state index in [2.05, 4.69) is 16.7 Å². The average Bonchev–Trinajstić information content (AvgIpc) is 2.53. The van der Waals surface area contributed by atoms with Crippen molar-refractivity contribution in [2.45, 2.75) is 33.4 Å². The summed E-state index contributed by atoms with van der Waals surface area (Å²) in [5.74, 6) is 0. The van der Waals surface area contributed by atoms with Gasteiger partial charge >= 0.3 is 0 Å². The topological polar surface area (TPSA) is 50.9 Å². The number of aromatic nitrogens is 3. The van der Waals surface area contributed by atoms with Crippen molar-refractivity contribution < 1.29 is 5.11 Å². The molecule has 0 radical (unpaired) electrons. The minimum absolute atomic E-state index is 0.183. The first kappa shape index (κ1) is 10.9. The van der Waals surface area contributed by atoms with E-state index in [1.165, 1.54) is 6.33 Å². The number of aliphatic hydroxyl groups is 1. The predicted octanol–water partition coefficient (Wildman–Crippen LogP) is 1.24. The Kier molecular flexibility index (Phi) is 3.06. The van der Waals surface area contributed by atoms with Gasteiger partial charge in [0.1, 0.15) is 12.7 Å². The summed E-state index contributed by atoms with van der Waals surface area (Å²) < 4.78 is 1.65. The molecule has 0 saturated heterocycles. The first-order valence-electron chi connectivity index (χ1n) is 4.59. The molecule has 0 amide bonds. The molecule has 0 bridgehead atoms. The van der Waals surface area contributed by atoms with E-state index < -0.39 is 6.10 Å². The summed E-state index contributed by atoms with van der Waals surface area (Å²) in [4.78, 5) is 3.83. The van der Waals surface area contributed by atoms with E-state index in [-0.39, 0.29) is 5.41 Å². The number of rotatable bonds is 3. The van der Waals surface area contributed by atoms with Crippen molar-refractivity contribution in [2.75, 3.05) is 0 Å². The van der Waals surface area contributed by atoms with E-state index in [9.17, 15) is 5.11 Å². The molecule has 0 aromatic carbocycles. The molecule has 0 aliphatic carbocycles. The lowest BCUT2D eigenvalue weighted by atomic mass is 9.85. The molecule has 1 heterocycles. The predicted molar refractivity (Wildman–Crippen MR) is 54.6 cm³/mol. The lowest BCUT2D eigenvalue weighted by Crippen LogP contribution is -2.29. The Bertz CT molecular complexity index is 298. The summed E-state index contributed by atoms with van der Waals surface area (Å²) >= 11 is 0. The van der Waals surface area contributed by atoms with Crippen LogP contribution in [0.3, 0.4) is 0 Å². The van der Waals surface area contributed by atoms with Gasteiger partial charge in [-0.05, 0) is 11.0 Å². The third kappa shape index (κ3) is 2.67. The molecule has 0 aliphatic rings. The van der Waals surface area contributed by atoms with Crippen LogP contribution >= 0.6 is 0 Å². The molecule has 14 heavy (non-hydrogen) atoms. The van der Waals surface area contributed by atoms with Crippen molar-refractivity contribution in [3.63, 3.8) is 0 Å². The van der Waals surface area contributed by atoms with E-state index in [1.807, 2.05) is 20.8 Å². The Labute approximate surface area is 84.3 Å². The Balaban J connectivity index is 2.59. The summed E-state index contributed by atoms with van der Waals surface area (Å²) in [6.07, 6.45) is 2.56. The van der Waals surface area contributed by atoms with E-state index in [1.54, 1.807) is 11.0 Å². The summed E-state index contributed by atoms with van der Waals surface area (Å²) in [7, 11) is 0. The zero-order valence-electron chi connectivity index (χ0n) is 8.94. The highest BCUT2D eigenvalue weighted by molar-refractivity contribution is 5.05. The molecule has 0 fully saturated rings. The molecule has 1 atom stereocenters. The van der Waals surface area contributed by atoms with Crippen LogP contribution in [0.1, 0.15) is 20.8 Å². The second-order valence-corrected chi connectivity index (χ2v) is 4.52. The molecule has 78 valence electrons. The SMILES string of the molecule is C=C(Cn1cncn1)C(O)C(C)(C)C. The summed E-state index contributed by atoms with van der Waals surface area (Å²) in [5, 5.41) is 13.8. The maximum absolute atomic E-state index is 9.89. The van der Waals surface area contributed by atoms with Crippen LogP contribution < -0.4 is 0 Å². The van der Waals surface area contributed by atoms with Crippen molar-refractivity contribution in [2.24, 2.45) is 5.41 Å². The highest BCUT2D eigenvalue weighted by Gasteiger charge is 2.24. The van der Waals surface area contributed by atoms with E-state index in [4.69, 9.17) is 0 Å². The first-order chi connectivity index (χ1) is 6.41. The maximum atomic E-state index is 9.89. The van der Waals surface area contributed by atoms with Gasteiger partial charge in [-0.1, -0.05) is 27.4 Å². The monoisotopic (exact) mass is 195 g/mol. The lowest BCUT2D eigenvalue weighted by Gasteiger charge is -2.27. The van der Waals surface area contributed by atoms with Crippen molar-refractivity contribution in [3.05, 3.63) is 24.8 Å². The Morgan fingerprint density at radius 2 is 2.21 bits per heavy atom. The van der Waals surface area contributed by atoms with Gasteiger partial charge in [-0.3, -0.25) is 0 Å². The van der Waals surface area contributed by atoms with Gasteiger partial charge in [-0.15, -0.1) is 0 Å². The van der Waals surface area contributed by atoms with Gasteiger partial charge in [-0.25, -0.2) is 9.67 Å². The first-order valence-corrected chi connectivity index (χ1v) is 4.59. The molecular formula is C10H17N3O. The van der Waals surface area contributed by atoms with E-state index in [0.29, 0.717) is 6.54 Å². The van der Waals surface area contributed by atoms with Gasteiger partial charge in [0.15, 0.2) is 0 Å². The second-order valence-electron chi connectivity index (χ2n) is 4.52. The van der Waals surface area contributed by atoms with Crippen LogP contribution in [0.5, 0.6) is 0 Å². The van der Waals surface area contributed by atoms with Gasteiger partial charge < -0.3 is 5.11 Å². The number of nitrogens with zero attached hydrogens (tertiary/aromatic N) is 3. The van der Waals surface area contributed by atoms with Crippen molar-refractivity contribution >= 4 is 0 Å². The normalized spacial score (nSPS) is 14.0. The minimum atomic E-state index is -0.522. The van der Waals surface area contributed by atoms with Crippen molar-refractivity contribution in [3.8, 4) is 0 Å². The quantitative estimate of drug-likeness (QED) is 0.738. The summed E-state index contributed by atoms with van der Waals surface area (Å²) in [6.45, 7) is 10.3. The van der Waals surface area contributed by atoms with Crippen molar-refractivity contribution in [1.29, 1.82) is 0 Å². The summed E-state index contributed by atoms with van der Waals surface area (Å²) in [6, 6.07) is 0. The van der Waals surface area contributed by atoms with Crippen LogP contribution in [0.25, 0.3) is 0 Å².